The number of carbonyl (C=O) groups excluding carboxylic acids is 1. The highest BCUT2D eigenvalue weighted by Gasteiger charge is 2.28. The summed E-state index contributed by atoms with van der Waals surface area (Å²) < 4.78 is 3.31. The number of aromatic nitrogens is 3. The third-order valence-electron chi connectivity index (χ3n) is 5.69. The number of piperidine rings is 1. The first-order valence-corrected chi connectivity index (χ1v) is 11.0. The minimum atomic E-state index is -0.122. The Balaban J connectivity index is 1.42. The third kappa shape index (κ3) is 4.82. The number of anilines is 1. The zero-order valence-corrected chi connectivity index (χ0v) is 18.3. The molecule has 0 atom stereocenters. The van der Waals surface area contributed by atoms with Crippen molar-refractivity contribution in [2.75, 3.05) is 18.4 Å². The molecule has 0 spiro atoms. The van der Waals surface area contributed by atoms with Gasteiger partial charge in [0.2, 0.25) is 0 Å². The number of hydrogen-bond donors (Lipinski definition) is 1. The van der Waals surface area contributed by atoms with Crippen LogP contribution in [0.15, 0.2) is 59.4 Å². The Morgan fingerprint density at radius 3 is 2.42 bits per heavy atom. The number of nitrogens with one attached hydrogen (secondary N) is 1. The lowest BCUT2D eigenvalue weighted by Gasteiger charge is -2.31. The summed E-state index contributed by atoms with van der Waals surface area (Å²) in [7, 11) is 0. The number of likely N-dealkylation sites (tertiary alicyclic amines) is 1. The highest BCUT2D eigenvalue weighted by Crippen LogP contribution is 2.27. The molecule has 162 valence electrons. The Bertz CT molecular complexity index is 1080. The average molecular weight is 440 g/mol. The smallest absolute Gasteiger partial charge is 0.324 e. The van der Waals surface area contributed by atoms with E-state index in [4.69, 9.17) is 11.6 Å². The predicted molar refractivity (Wildman–Crippen MR) is 122 cm³/mol. The molecule has 31 heavy (non-hydrogen) atoms. The molecule has 1 fully saturated rings. The number of benzene rings is 2. The van der Waals surface area contributed by atoms with Crippen molar-refractivity contribution >= 4 is 23.3 Å². The largest absolute Gasteiger partial charge is 0.346 e. The van der Waals surface area contributed by atoms with Crippen LogP contribution in [0.25, 0.3) is 0 Å². The molecule has 3 aromatic rings. The summed E-state index contributed by atoms with van der Waals surface area (Å²) in [5.41, 5.74) is 1.69. The maximum atomic E-state index is 12.8. The van der Waals surface area contributed by atoms with Crippen molar-refractivity contribution in [3.8, 4) is 0 Å². The van der Waals surface area contributed by atoms with Gasteiger partial charge in [0.1, 0.15) is 5.82 Å². The van der Waals surface area contributed by atoms with Crippen molar-refractivity contribution in [2.24, 2.45) is 0 Å². The Morgan fingerprint density at radius 1 is 1.10 bits per heavy atom. The molecular formula is C23H26ClN5O2. The van der Waals surface area contributed by atoms with E-state index in [1.54, 1.807) is 38.4 Å². The molecule has 8 heteroatoms. The maximum absolute atomic E-state index is 12.8. The third-order valence-corrected chi connectivity index (χ3v) is 5.94. The summed E-state index contributed by atoms with van der Waals surface area (Å²) in [5, 5.41) is 8.22. The normalized spacial score (nSPS) is 14.6. The van der Waals surface area contributed by atoms with E-state index in [1.165, 1.54) is 0 Å². The fraction of sp³-hybridized carbons (Fsp3) is 0.348. The van der Waals surface area contributed by atoms with E-state index in [2.05, 4.69) is 10.4 Å². The van der Waals surface area contributed by atoms with Gasteiger partial charge in [0.05, 0.1) is 6.54 Å². The first kappa shape index (κ1) is 21.2. The van der Waals surface area contributed by atoms with E-state index >= 15 is 0 Å². The second-order valence-electron chi connectivity index (χ2n) is 7.73. The second kappa shape index (κ2) is 9.39. The maximum Gasteiger partial charge on any atom is 0.346 e. The van der Waals surface area contributed by atoms with Gasteiger partial charge in [-0.25, -0.2) is 14.3 Å². The van der Waals surface area contributed by atoms with Crippen LogP contribution in [0.1, 0.15) is 37.1 Å². The zero-order chi connectivity index (χ0) is 21.8. The Labute approximate surface area is 186 Å². The van der Waals surface area contributed by atoms with Gasteiger partial charge in [-0.2, -0.15) is 5.10 Å². The monoisotopic (exact) mass is 439 g/mol. The van der Waals surface area contributed by atoms with Gasteiger partial charge in [0.25, 0.3) is 0 Å². The highest BCUT2D eigenvalue weighted by molar-refractivity contribution is 6.30. The topological polar surface area (TPSA) is 72.2 Å². The lowest BCUT2D eigenvalue weighted by Crippen LogP contribution is -2.41. The second-order valence-corrected chi connectivity index (χ2v) is 8.16. The van der Waals surface area contributed by atoms with Crippen LogP contribution in [0.3, 0.4) is 0 Å². The summed E-state index contributed by atoms with van der Waals surface area (Å²) in [5.74, 6) is 0.977. The molecule has 0 bridgehead atoms. The van der Waals surface area contributed by atoms with Gasteiger partial charge in [0.15, 0.2) is 0 Å². The van der Waals surface area contributed by atoms with Crippen molar-refractivity contribution in [2.45, 2.75) is 38.8 Å². The van der Waals surface area contributed by atoms with Crippen molar-refractivity contribution < 1.29 is 4.79 Å². The molecule has 2 aromatic carbocycles. The van der Waals surface area contributed by atoms with Crippen molar-refractivity contribution in [3.05, 3.63) is 81.5 Å². The van der Waals surface area contributed by atoms with Crippen molar-refractivity contribution in [1.82, 2.24) is 19.2 Å². The number of rotatable bonds is 5. The molecule has 4 rings (SSSR count). The summed E-state index contributed by atoms with van der Waals surface area (Å²) in [4.78, 5) is 27.2. The molecule has 0 saturated carbocycles. The van der Waals surface area contributed by atoms with Crippen LogP contribution in [-0.2, 0) is 13.1 Å². The standard InChI is InChI=1S/C23H26ClN5O2/c1-2-28-21(26-29(23(28)31)16-17-6-4-3-5-7-17)18-12-14-27(15-13-18)22(30)25-20-10-8-19(24)9-11-20/h3-11,18H,2,12-16H2,1H3,(H,25,30). The minimum Gasteiger partial charge on any atom is -0.324 e. The predicted octanol–water partition coefficient (Wildman–Crippen LogP) is 4.18. The summed E-state index contributed by atoms with van der Waals surface area (Å²) in [6, 6.07) is 16.8. The molecule has 1 aromatic heterocycles. The number of hydrogen-bond acceptors (Lipinski definition) is 3. The van der Waals surface area contributed by atoms with E-state index in [1.807, 2.05) is 37.3 Å². The van der Waals surface area contributed by atoms with Crippen LogP contribution >= 0.6 is 11.6 Å². The first-order chi connectivity index (χ1) is 15.0. The van der Waals surface area contributed by atoms with Gasteiger partial charge in [-0.3, -0.25) is 4.57 Å². The van der Waals surface area contributed by atoms with E-state index in [-0.39, 0.29) is 17.6 Å². The molecular weight excluding hydrogens is 414 g/mol. The Hall–Kier alpha value is -3.06. The number of nitrogens with zero attached hydrogens (tertiary/aromatic N) is 4. The van der Waals surface area contributed by atoms with E-state index in [0.717, 1.165) is 29.9 Å². The molecule has 1 N–H and O–H groups in total. The average Bonchev–Trinajstić information content (AvgIpc) is 3.11. The van der Waals surface area contributed by atoms with Gasteiger partial charge in [-0.15, -0.1) is 0 Å². The molecule has 1 aliphatic rings. The number of halogens is 1. The molecule has 0 aliphatic carbocycles. The molecule has 1 saturated heterocycles. The van der Waals surface area contributed by atoms with E-state index in [0.29, 0.717) is 31.2 Å². The lowest BCUT2D eigenvalue weighted by molar-refractivity contribution is 0.192. The van der Waals surface area contributed by atoms with Crippen LogP contribution in [0.5, 0.6) is 0 Å². The lowest BCUT2D eigenvalue weighted by atomic mass is 9.96. The SMILES string of the molecule is CCn1c(C2CCN(C(=O)Nc3ccc(Cl)cc3)CC2)nn(Cc2ccccc2)c1=O. The summed E-state index contributed by atoms with van der Waals surface area (Å²) in [6.45, 7) is 4.25. The molecule has 0 radical (unpaired) electrons. The quantitative estimate of drug-likeness (QED) is 0.648. The van der Waals surface area contributed by atoms with Gasteiger partial charge in [0, 0.05) is 36.3 Å². The van der Waals surface area contributed by atoms with Crippen molar-refractivity contribution in [1.29, 1.82) is 0 Å². The minimum absolute atomic E-state index is 0.0794. The molecule has 2 amide bonds. The molecule has 0 unspecified atom stereocenters. The zero-order valence-electron chi connectivity index (χ0n) is 17.5. The molecule has 7 nitrogen and oxygen atoms in total. The van der Waals surface area contributed by atoms with Crippen LogP contribution in [-0.4, -0.2) is 38.4 Å². The number of urea groups is 1. The Kier molecular flexibility index (Phi) is 6.42. The van der Waals surface area contributed by atoms with Gasteiger partial charge in [-0.1, -0.05) is 41.9 Å². The molecule has 2 heterocycles. The van der Waals surface area contributed by atoms with Crippen molar-refractivity contribution in [3.63, 3.8) is 0 Å². The van der Waals surface area contributed by atoms with Gasteiger partial charge in [-0.05, 0) is 49.6 Å². The van der Waals surface area contributed by atoms with Crippen LogP contribution < -0.4 is 11.0 Å². The van der Waals surface area contributed by atoms with Crippen LogP contribution in [0.2, 0.25) is 5.02 Å². The number of amides is 2. The van der Waals surface area contributed by atoms with Gasteiger partial charge >= 0.3 is 11.7 Å². The van der Waals surface area contributed by atoms with E-state index in [9.17, 15) is 9.59 Å². The van der Waals surface area contributed by atoms with E-state index < -0.39 is 0 Å². The fourth-order valence-corrected chi connectivity index (χ4v) is 4.12. The first-order valence-electron chi connectivity index (χ1n) is 10.6. The highest BCUT2D eigenvalue weighted by atomic mass is 35.5. The van der Waals surface area contributed by atoms with Crippen LogP contribution in [0, 0.1) is 0 Å². The van der Waals surface area contributed by atoms with Crippen LogP contribution in [0.4, 0.5) is 10.5 Å². The molecule has 1 aliphatic heterocycles. The summed E-state index contributed by atoms with van der Waals surface area (Å²) in [6.07, 6.45) is 1.55. The van der Waals surface area contributed by atoms with Gasteiger partial charge < -0.3 is 10.2 Å². The number of carbonyl (C=O) groups is 1. The fourth-order valence-electron chi connectivity index (χ4n) is 3.99. The Morgan fingerprint density at radius 2 is 1.77 bits per heavy atom. The summed E-state index contributed by atoms with van der Waals surface area (Å²) >= 11 is 5.90.